The van der Waals surface area contributed by atoms with Crippen molar-refractivity contribution in [3.63, 3.8) is 0 Å². The van der Waals surface area contributed by atoms with Crippen molar-refractivity contribution >= 4 is 0 Å². The molecule has 0 fully saturated rings. The molecule has 140 valence electrons. The number of hydrogen-bond donors (Lipinski definition) is 0. The highest BCUT2D eigenvalue weighted by molar-refractivity contribution is 5.52. The zero-order chi connectivity index (χ0) is 20.1. The molecule has 0 aliphatic rings. The van der Waals surface area contributed by atoms with Gasteiger partial charge in [0.2, 0.25) is 0 Å². The van der Waals surface area contributed by atoms with Crippen LogP contribution in [0.4, 0.5) is 0 Å². The van der Waals surface area contributed by atoms with E-state index in [2.05, 4.69) is 39.5 Å². The first kappa shape index (κ1) is 23.2. The molecule has 0 aromatic rings. The van der Waals surface area contributed by atoms with Crippen LogP contribution < -0.4 is 0 Å². The van der Waals surface area contributed by atoms with E-state index >= 15 is 0 Å². The van der Waals surface area contributed by atoms with Gasteiger partial charge in [-0.05, 0) is 35.8 Å². The number of rotatable bonds is 13. The fourth-order valence-electron chi connectivity index (χ4n) is 1.57. The lowest BCUT2D eigenvalue weighted by molar-refractivity contribution is 0.113. The largest absolute Gasteiger partial charge is 0.497 e. The first-order valence-corrected chi connectivity index (χ1v) is 8.07. The molecule has 0 rings (SSSR count). The van der Waals surface area contributed by atoms with Gasteiger partial charge in [0, 0.05) is 12.7 Å². The Bertz CT molecular complexity index is 670. The summed E-state index contributed by atoms with van der Waals surface area (Å²) in [5.74, 6) is 1.09. The highest BCUT2D eigenvalue weighted by Crippen LogP contribution is 2.22. The third kappa shape index (κ3) is 9.50. The van der Waals surface area contributed by atoms with Crippen LogP contribution in [0.1, 0.15) is 6.92 Å². The van der Waals surface area contributed by atoms with E-state index in [4.69, 9.17) is 14.2 Å². The van der Waals surface area contributed by atoms with E-state index < -0.39 is 0 Å². The minimum atomic E-state index is 0.384. The second-order valence-electron chi connectivity index (χ2n) is 5.59. The summed E-state index contributed by atoms with van der Waals surface area (Å²) in [7, 11) is 3.17. The molecule has 0 heterocycles. The van der Waals surface area contributed by atoms with Crippen molar-refractivity contribution < 1.29 is 14.2 Å². The van der Waals surface area contributed by atoms with Gasteiger partial charge in [-0.25, -0.2) is 0 Å². The Hall–Kier alpha value is -2.78. The summed E-state index contributed by atoms with van der Waals surface area (Å²) in [5, 5.41) is 0. The fraction of sp³-hybridized carbons (Fsp3) is 0.217. The third-order valence-corrected chi connectivity index (χ3v) is 3.25. The van der Waals surface area contributed by atoms with Gasteiger partial charge in [-0.1, -0.05) is 63.3 Å². The summed E-state index contributed by atoms with van der Waals surface area (Å²) in [6.45, 7) is 26.4. The standard InChI is InChI=1S/C23H30O3/c1-17(2)10-11-19(4)22(7)23(26-15-14-24-8)16-20(5)18(3)12-13-21(6)25-9/h10-13,16H,1,3-7,14-15H2,2,8-9H3/b11-10-,13-12-,23-16+. The number of allylic oxidation sites excluding steroid dienone is 9. The fourth-order valence-corrected chi connectivity index (χ4v) is 1.57. The molecular weight excluding hydrogens is 324 g/mol. The summed E-state index contributed by atoms with van der Waals surface area (Å²) < 4.78 is 15.8. The Balaban J connectivity index is 5.38. The van der Waals surface area contributed by atoms with E-state index in [0.29, 0.717) is 41.5 Å². The first-order valence-electron chi connectivity index (χ1n) is 8.07. The molecule has 3 heteroatoms. The molecule has 0 aliphatic heterocycles. The molecule has 0 spiro atoms. The molecule has 0 N–H and O–H groups in total. The average Bonchev–Trinajstić information content (AvgIpc) is 2.62. The van der Waals surface area contributed by atoms with Gasteiger partial charge in [-0.15, -0.1) is 0 Å². The average molecular weight is 354 g/mol. The summed E-state index contributed by atoms with van der Waals surface area (Å²) in [5.41, 5.74) is 3.67. The van der Waals surface area contributed by atoms with E-state index in [1.807, 2.05) is 19.1 Å². The van der Waals surface area contributed by atoms with Crippen molar-refractivity contribution in [2.24, 2.45) is 0 Å². The number of hydrogen-bond acceptors (Lipinski definition) is 3. The monoisotopic (exact) mass is 354 g/mol. The Morgan fingerprint density at radius 2 is 1.38 bits per heavy atom. The minimum Gasteiger partial charge on any atom is -0.497 e. The van der Waals surface area contributed by atoms with E-state index in [1.54, 1.807) is 32.4 Å². The summed E-state index contributed by atoms with van der Waals surface area (Å²) >= 11 is 0. The molecule has 0 saturated carbocycles. The maximum absolute atomic E-state index is 5.79. The van der Waals surface area contributed by atoms with Gasteiger partial charge in [-0.3, -0.25) is 0 Å². The highest BCUT2D eigenvalue weighted by atomic mass is 16.5. The number of methoxy groups -OCH3 is 2. The van der Waals surface area contributed by atoms with Crippen molar-refractivity contribution in [1.29, 1.82) is 0 Å². The molecule has 0 aliphatic carbocycles. The number of ether oxygens (including phenoxy) is 3. The summed E-state index contributed by atoms with van der Waals surface area (Å²) in [6.07, 6.45) is 8.98. The molecule has 0 bridgehead atoms. The van der Waals surface area contributed by atoms with Crippen molar-refractivity contribution in [3.8, 4) is 0 Å². The normalized spacial score (nSPS) is 11.4. The summed E-state index contributed by atoms with van der Waals surface area (Å²) in [6, 6.07) is 0. The molecule has 0 amide bonds. The van der Waals surface area contributed by atoms with Gasteiger partial charge in [0.15, 0.2) is 0 Å². The van der Waals surface area contributed by atoms with Crippen LogP contribution in [0.25, 0.3) is 0 Å². The second kappa shape index (κ2) is 12.6. The van der Waals surface area contributed by atoms with Crippen molar-refractivity contribution in [1.82, 2.24) is 0 Å². The van der Waals surface area contributed by atoms with Crippen LogP contribution in [0, 0.1) is 0 Å². The molecular formula is C23H30O3. The Labute approximate surface area is 158 Å². The van der Waals surface area contributed by atoms with Gasteiger partial charge in [0.25, 0.3) is 0 Å². The Morgan fingerprint density at radius 1 is 0.769 bits per heavy atom. The van der Waals surface area contributed by atoms with Crippen LogP contribution in [0.5, 0.6) is 0 Å². The highest BCUT2D eigenvalue weighted by Gasteiger charge is 2.08. The first-order chi connectivity index (χ1) is 12.2. The predicted octanol–water partition coefficient (Wildman–Crippen LogP) is 5.61. The van der Waals surface area contributed by atoms with E-state index in [1.165, 1.54) is 0 Å². The minimum absolute atomic E-state index is 0.384. The lowest BCUT2D eigenvalue weighted by Crippen LogP contribution is -2.04. The van der Waals surface area contributed by atoms with Gasteiger partial charge >= 0.3 is 0 Å². The zero-order valence-electron chi connectivity index (χ0n) is 16.3. The van der Waals surface area contributed by atoms with E-state index in [9.17, 15) is 0 Å². The van der Waals surface area contributed by atoms with Crippen LogP contribution in [0.2, 0.25) is 0 Å². The zero-order valence-corrected chi connectivity index (χ0v) is 16.3. The van der Waals surface area contributed by atoms with Crippen molar-refractivity contribution in [3.05, 3.63) is 109 Å². The van der Waals surface area contributed by atoms with Crippen molar-refractivity contribution in [2.75, 3.05) is 27.4 Å². The van der Waals surface area contributed by atoms with Crippen LogP contribution in [0.3, 0.4) is 0 Å². The molecule has 0 saturated heterocycles. The molecule has 0 aromatic heterocycles. The second-order valence-corrected chi connectivity index (χ2v) is 5.59. The molecule has 0 unspecified atom stereocenters. The van der Waals surface area contributed by atoms with Gasteiger partial charge in [0.05, 0.1) is 13.7 Å². The molecule has 0 aromatic carbocycles. The van der Waals surface area contributed by atoms with Crippen LogP contribution in [0.15, 0.2) is 109 Å². The molecule has 0 radical (unpaired) electrons. The molecule has 3 nitrogen and oxygen atoms in total. The SMILES string of the molecule is C=C(C)/C=C\C(=C)C(=C)/C(=C\C(=C)C(=C)/C=C\C(=C)OC)OCCOC. The lowest BCUT2D eigenvalue weighted by Gasteiger charge is -2.14. The topological polar surface area (TPSA) is 27.7 Å². The predicted molar refractivity (Wildman–Crippen MR) is 112 cm³/mol. The van der Waals surface area contributed by atoms with Crippen molar-refractivity contribution in [2.45, 2.75) is 6.92 Å². The summed E-state index contributed by atoms with van der Waals surface area (Å²) in [4.78, 5) is 0. The smallest absolute Gasteiger partial charge is 0.127 e. The van der Waals surface area contributed by atoms with Gasteiger partial charge < -0.3 is 14.2 Å². The van der Waals surface area contributed by atoms with E-state index in [-0.39, 0.29) is 0 Å². The Morgan fingerprint density at radius 3 is 1.92 bits per heavy atom. The molecule has 0 atom stereocenters. The van der Waals surface area contributed by atoms with Gasteiger partial charge in [-0.2, -0.15) is 0 Å². The molecule has 26 heavy (non-hydrogen) atoms. The lowest BCUT2D eigenvalue weighted by atomic mass is 10.0. The van der Waals surface area contributed by atoms with Crippen LogP contribution in [-0.4, -0.2) is 27.4 Å². The maximum Gasteiger partial charge on any atom is 0.127 e. The van der Waals surface area contributed by atoms with Gasteiger partial charge in [0.1, 0.15) is 18.1 Å². The Kier molecular flexibility index (Phi) is 11.2. The quantitative estimate of drug-likeness (QED) is 0.244. The van der Waals surface area contributed by atoms with Crippen LogP contribution >= 0.6 is 0 Å². The van der Waals surface area contributed by atoms with E-state index in [0.717, 1.165) is 11.1 Å². The van der Waals surface area contributed by atoms with Crippen LogP contribution in [-0.2, 0) is 14.2 Å². The maximum atomic E-state index is 5.79. The third-order valence-electron chi connectivity index (χ3n) is 3.25.